The summed E-state index contributed by atoms with van der Waals surface area (Å²) < 4.78 is 0. The second kappa shape index (κ2) is 5.49. The quantitative estimate of drug-likeness (QED) is 0.612. The zero-order valence-electron chi connectivity index (χ0n) is 10.8. The second-order valence-corrected chi connectivity index (χ2v) is 5.56. The topological polar surface area (TPSA) is 20.2 Å². The molecule has 1 unspecified atom stereocenters. The van der Waals surface area contributed by atoms with E-state index in [0.29, 0.717) is 0 Å². The molecule has 1 N–H and O–H groups in total. The molecule has 0 heterocycles. The highest BCUT2D eigenvalue weighted by Crippen LogP contribution is 2.26. The third kappa shape index (κ3) is 4.36. The van der Waals surface area contributed by atoms with E-state index in [1.165, 1.54) is 5.57 Å². The molecule has 1 rings (SSSR count). The summed E-state index contributed by atoms with van der Waals surface area (Å²) in [6, 6.07) is 0. The van der Waals surface area contributed by atoms with Crippen molar-refractivity contribution in [2.75, 3.05) is 0 Å². The van der Waals surface area contributed by atoms with Gasteiger partial charge in [0.2, 0.25) is 0 Å². The lowest BCUT2D eigenvalue weighted by molar-refractivity contribution is 0.199. The van der Waals surface area contributed by atoms with E-state index >= 15 is 0 Å². The van der Waals surface area contributed by atoms with Gasteiger partial charge in [0, 0.05) is 0 Å². The van der Waals surface area contributed by atoms with E-state index < -0.39 is 0 Å². The third-order valence-corrected chi connectivity index (χ3v) is 3.21. The maximum Gasteiger partial charge on any atom is 0.0753 e. The van der Waals surface area contributed by atoms with Gasteiger partial charge in [0.05, 0.1) is 6.10 Å². The average Bonchev–Trinajstić information content (AvgIpc) is 2.23. The summed E-state index contributed by atoms with van der Waals surface area (Å²) in [5.74, 6) is 0. The molecule has 0 saturated heterocycles. The van der Waals surface area contributed by atoms with Gasteiger partial charge in [-0.05, 0) is 43.6 Å². The van der Waals surface area contributed by atoms with Crippen LogP contribution >= 0.6 is 0 Å². The Labute approximate surface area is 99.6 Å². The van der Waals surface area contributed by atoms with Crippen molar-refractivity contribution in [3.63, 3.8) is 0 Å². The Balaban J connectivity index is 2.81. The first kappa shape index (κ1) is 13.2. The van der Waals surface area contributed by atoms with E-state index in [0.717, 1.165) is 31.3 Å². The molecule has 0 amide bonds. The van der Waals surface area contributed by atoms with Gasteiger partial charge >= 0.3 is 0 Å². The molecule has 0 bridgehead atoms. The minimum absolute atomic E-state index is 0.205. The van der Waals surface area contributed by atoms with Gasteiger partial charge in [0.15, 0.2) is 0 Å². The molecule has 0 aliphatic heterocycles. The van der Waals surface area contributed by atoms with Gasteiger partial charge in [-0.3, -0.25) is 0 Å². The van der Waals surface area contributed by atoms with Crippen molar-refractivity contribution < 1.29 is 5.11 Å². The highest BCUT2D eigenvalue weighted by molar-refractivity contribution is 5.13. The Bertz CT molecular complexity index is 307. The van der Waals surface area contributed by atoms with E-state index in [4.69, 9.17) is 0 Å². The Morgan fingerprint density at radius 3 is 2.81 bits per heavy atom. The maximum absolute atomic E-state index is 9.88. The maximum atomic E-state index is 9.88. The van der Waals surface area contributed by atoms with Gasteiger partial charge < -0.3 is 5.11 Å². The van der Waals surface area contributed by atoms with Crippen molar-refractivity contribution in [1.82, 2.24) is 0 Å². The number of hydrogen-bond donors (Lipinski definition) is 1. The Morgan fingerprint density at radius 1 is 1.44 bits per heavy atom. The third-order valence-electron chi connectivity index (χ3n) is 3.21. The van der Waals surface area contributed by atoms with Gasteiger partial charge in [0.1, 0.15) is 0 Å². The minimum Gasteiger partial charge on any atom is -0.389 e. The fourth-order valence-electron chi connectivity index (χ4n) is 1.84. The zero-order valence-corrected chi connectivity index (χ0v) is 10.8. The lowest BCUT2D eigenvalue weighted by Gasteiger charge is -2.18. The Morgan fingerprint density at radius 2 is 2.12 bits per heavy atom. The van der Waals surface area contributed by atoms with Crippen molar-refractivity contribution in [2.45, 2.75) is 52.6 Å². The van der Waals surface area contributed by atoms with Crippen molar-refractivity contribution in [1.29, 1.82) is 0 Å². The molecular weight excluding hydrogens is 196 g/mol. The molecule has 16 heavy (non-hydrogen) atoms. The fraction of sp³-hybridized carbons (Fsp3) is 0.600. The lowest BCUT2D eigenvalue weighted by atomic mass is 9.87. The molecule has 1 aliphatic carbocycles. The number of rotatable bonds is 0. The van der Waals surface area contributed by atoms with Crippen LogP contribution in [0.4, 0.5) is 0 Å². The Kier molecular flexibility index (Phi) is 4.55. The summed E-state index contributed by atoms with van der Waals surface area (Å²) in [6.45, 7) is 10.6. The summed E-state index contributed by atoms with van der Waals surface area (Å²) in [7, 11) is 0. The van der Waals surface area contributed by atoms with E-state index in [1.807, 2.05) is 0 Å². The fourth-order valence-corrected chi connectivity index (χ4v) is 1.84. The van der Waals surface area contributed by atoms with E-state index in [1.54, 1.807) is 0 Å². The van der Waals surface area contributed by atoms with Gasteiger partial charge in [-0.1, -0.05) is 44.2 Å². The van der Waals surface area contributed by atoms with Crippen LogP contribution in [0.1, 0.15) is 46.5 Å². The molecule has 0 saturated carbocycles. The molecule has 90 valence electrons. The van der Waals surface area contributed by atoms with Crippen molar-refractivity contribution in [3.8, 4) is 0 Å². The van der Waals surface area contributed by atoms with Crippen LogP contribution in [0.2, 0.25) is 0 Å². The predicted octanol–water partition coefficient (Wildman–Crippen LogP) is 4.01. The largest absolute Gasteiger partial charge is 0.389 e. The number of hydrogen-bond acceptors (Lipinski definition) is 1. The molecule has 0 radical (unpaired) electrons. The highest BCUT2D eigenvalue weighted by Gasteiger charge is 2.14. The van der Waals surface area contributed by atoms with Crippen LogP contribution in [0.5, 0.6) is 0 Å². The molecule has 0 spiro atoms. The van der Waals surface area contributed by atoms with Gasteiger partial charge in [-0.2, -0.15) is 0 Å². The van der Waals surface area contributed by atoms with Crippen LogP contribution in [0.15, 0.2) is 36.0 Å². The number of aliphatic hydroxyl groups is 1. The predicted molar refractivity (Wildman–Crippen MR) is 70.3 cm³/mol. The van der Waals surface area contributed by atoms with Crippen LogP contribution < -0.4 is 0 Å². The summed E-state index contributed by atoms with van der Waals surface area (Å²) in [5, 5.41) is 9.88. The van der Waals surface area contributed by atoms with Crippen LogP contribution in [-0.4, -0.2) is 11.2 Å². The van der Waals surface area contributed by atoms with Crippen molar-refractivity contribution >= 4 is 0 Å². The second-order valence-electron chi connectivity index (χ2n) is 5.56. The molecule has 1 nitrogen and oxygen atoms in total. The van der Waals surface area contributed by atoms with Crippen LogP contribution in [-0.2, 0) is 0 Å². The minimum atomic E-state index is -0.353. The average molecular weight is 220 g/mol. The zero-order chi connectivity index (χ0) is 12.2. The van der Waals surface area contributed by atoms with Crippen molar-refractivity contribution in [2.24, 2.45) is 5.41 Å². The Hall–Kier alpha value is -0.820. The van der Waals surface area contributed by atoms with E-state index in [9.17, 15) is 5.11 Å². The smallest absolute Gasteiger partial charge is 0.0753 e. The summed E-state index contributed by atoms with van der Waals surface area (Å²) in [6.07, 6.45) is 9.95. The molecule has 1 heteroatoms. The summed E-state index contributed by atoms with van der Waals surface area (Å²) in [4.78, 5) is 0. The molecule has 1 atom stereocenters. The number of allylic oxidation sites excluding steroid dienone is 4. The number of aliphatic hydroxyl groups excluding tert-OH is 1. The standard InChI is InChI=1S/C15H24O/c1-12-7-8-14(16)13(2)6-5-10-15(3,4)11-9-12/h5,9-10,14,16H,2,6-8,11H2,1,3-4H3/b10-5+,12-9+. The summed E-state index contributed by atoms with van der Waals surface area (Å²) in [5.41, 5.74) is 2.51. The first-order valence-electron chi connectivity index (χ1n) is 6.10. The molecule has 0 aromatic heterocycles. The van der Waals surface area contributed by atoms with Crippen LogP contribution in [0.3, 0.4) is 0 Å². The molecule has 0 aromatic rings. The monoisotopic (exact) mass is 220 g/mol. The SMILES string of the molecule is C=C1C/C=C/C(C)(C)C/C=C(\C)CCC1O. The van der Waals surface area contributed by atoms with Gasteiger partial charge in [-0.15, -0.1) is 0 Å². The van der Waals surface area contributed by atoms with E-state index in [2.05, 4.69) is 45.6 Å². The normalized spacial score (nSPS) is 32.4. The molecule has 1 aliphatic rings. The van der Waals surface area contributed by atoms with Crippen LogP contribution in [0.25, 0.3) is 0 Å². The van der Waals surface area contributed by atoms with Crippen LogP contribution in [0, 0.1) is 5.41 Å². The molecule has 0 aromatic carbocycles. The van der Waals surface area contributed by atoms with Gasteiger partial charge in [-0.25, -0.2) is 0 Å². The van der Waals surface area contributed by atoms with Gasteiger partial charge in [0.25, 0.3) is 0 Å². The first-order valence-corrected chi connectivity index (χ1v) is 6.10. The molecular formula is C15H24O. The van der Waals surface area contributed by atoms with E-state index in [-0.39, 0.29) is 11.5 Å². The van der Waals surface area contributed by atoms with Crippen molar-refractivity contribution in [3.05, 3.63) is 36.0 Å². The molecule has 0 fully saturated rings. The summed E-state index contributed by atoms with van der Waals surface area (Å²) >= 11 is 0. The highest BCUT2D eigenvalue weighted by atomic mass is 16.3. The lowest BCUT2D eigenvalue weighted by Crippen LogP contribution is -2.08. The first-order chi connectivity index (χ1) is 7.41.